The van der Waals surface area contributed by atoms with E-state index < -0.39 is 0 Å². The Morgan fingerprint density at radius 2 is 2.37 bits per heavy atom. The molecule has 2 aromatic rings. The van der Waals surface area contributed by atoms with E-state index in [-0.39, 0.29) is 5.56 Å². The lowest BCUT2D eigenvalue weighted by atomic mass is 10.2. The summed E-state index contributed by atoms with van der Waals surface area (Å²) in [6.07, 6.45) is 0. The third-order valence-electron chi connectivity index (χ3n) is 3.26. The second-order valence-corrected chi connectivity index (χ2v) is 6.34. The maximum atomic E-state index is 12.1. The molecule has 0 spiro atoms. The number of H-pyrrole nitrogens is 1. The number of nitrogens with two attached hydrogens (primary N) is 1. The zero-order valence-electron chi connectivity index (χ0n) is 10.7. The van der Waals surface area contributed by atoms with Gasteiger partial charge in [0.05, 0.1) is 10.9 Å². The van der Waals surface area contributed by atoms with E-state index in [2.05, 4.69) is 21.8 Å². The zero-order chi connectivity index (χ0) is 13.4. The Kier molecular flexibility index (Phi) is 3.10. The molecular formula is C13H16N4OS. The predicted octanol–water partition coefficient (Wildman–Crippen LogP) is 1.45. The van der Waals surface area contributed by atoms with E-state index >= 15 is 0 Å². The molecule has 3 N–H and O–H groups in total. The van der Waals surface area contributed by atoms with Crippen molar-refractivity contribution in [3.05, 3.63) is 28.6 Å². The molecule has 1 aromatic heterocycles. The van der Waals surface area contributed by atoms with Crippen LogP contribution in [-0.2, 0) is 0 Å². The van der Waals surface area contributed by atoms with Crippen LogP contribution in [-0.4, -0.2) is 34.1 Å². The molecule has 3 rings (SSSR count). The average molecular weight is 276 g/mol. The van der Waals surface area contributed by atoms with Gasteiger partial charge in [-0.15, -0.1) is 0 Å². The molecule has 2 heterocycles. The van der Waals surface area contributed by atoms with Gasteiger partial charge in [0.1, 0.15) is 0 Å². The topological polar surface area (TPSA) is 75.0 Å². The Hall–Kier alpha value is -1.69. The van der Waals surface area contributed by atoms with Crippen LogP contribution in [0.3, 0.4) is 0 Å². The van der Waals surface area contributed by atoms with Crippen molar-refractivity contribution in [1.82, 2.24) is 9.97 Å². The van der Waals surface area contributed by atoms with Crippen molar-refractivity contribution in [2.24, 2.45) is 0 Å². The Balaban J connectivity index is 2.06. The normalized spacial score (nSPS) is 19.8. The number of nitrogens with zero attached hydrogens (tertiary/aromatic N) is 2. The van der Waals surface area contributed by atoms with E-state index in [9.17, 15) is 4.79 Å². The van der Waals surface area contributed by atoms with Gasteiger partial charge in [0.15, 0.2) is 0 Å². The van der Waals surface area contributed by atoms with E-state index in [1.807, 2.05) is 11.8 Å². The third-order valence-corrected chi connectivity index (χ3v) is 4.39. The van der Waals surface area contributed by atoms with Crippen LogP contribution in [0.1, 0.15) is 6.92 Å². The number of nitrogen functional groups attached to an aromatic ring is 1. The largest absolute Gasteiger partial charge is 0.399 e. The number of hydrogen-bond acceptors (Lipinski definition) is 5. The Morgan fingerprint density at radius 3 is 3.16 bits per heavy atom. The number of thioether (sulfide) groups is 1. The molecule has 0 aliphatic carbocycles. The Labute approximate surface area is 115 Å². The zero-order valence-corrected chi connectivity index (χ0v) is 11.5. The molecule has 1 saturated heterocycles. The molecule has 6 heteroatoms. The standard InChI is InChI=1S/C13H16N4OS/c1-8-7-17(4-5-19-8)13-15-11-3-2-9(14)6-10(11)12(18)16-13/h2-3,6,8H,4-5,7,14H2,1H3,(H,15,16,18). The summed E-state index contributed by atoms with van der Waals surface area (Å²) >= 11 is 1.95. The number of benzene rings is 1. The molecule has 0 amide bonds. The minimum atomic E-state index is -0.127. The second kappa shape index (κ2) is 4.77. The molecular weight excluding hydrogens is 260 g/mol. The summed E-state index contributed by atoms with van der Waals surface area (Å²) in [5, 5.41) is 1.10. The van der Waals surface area contributed by atoms with Gasteiger partial charge in [-0.3, -0.25) is 9.78 Å². The van der Waals surface area contributed by atoms with Gasteiger partial charge in [-0.2, -0.15) is 11.8 Å². The van der Waals surface area contributed by atoms with Crippen LogP contribution in [0.25, 0.3) is 10.9 Å². The van der Waals surface area contributed by atoms with Crippen molar-refractivity contribution in [2.75, 3.05) is 29.5 Å². The van der Waals surface area contributed by atoms with Gasteiger partial charge < -0.3 is 10.6 Å². The average Bonchev–Trinajstić information content (AvgIpc) is 2.39. The van der Waals surface area contributed by atoms with Gasteiger partial charge in [-0.1, -0.05) is 6.92 Å². The fraction of sp³-hybridized carbons (Fsp3) is 0.385. The lowest BCUT2D eigenvalue weighted by molar-refractivity contribution is 0.755. The maximum Gasteiger partial charge on any atom is 0.260 e. The van der Waals surface area contributed by atoms with Crippen LogP contribution in [0.5, 0.6) is 0 Å². The highest BCUT2D eigenvalue weighted by atomic mass is 32.2. The maximum absolute atomic E-state index is 12.1. The summed E-state index contributed by atoms with van der Waals surface area (Å²) in [4.78, 5) is 21.6. The second-order valence-electron chi connectivity index (χ2n) is 4.79. The van der Waals surface area contributed by atoms with E-state index in [0.717, 1.165) is 18.8 Å². The summed E-state index contributed by atoms with van der Waals surface area (Å²) in [7, 11) is 0. The third kappa shape index (κ3) is 2.40. The van der Waals surface area contributed by atoms with E-state index in [1.165, 1.54) is 0 Å². The molecule has 1 aliphatic heterocycles. The fourth-order valence-electron chi connectivity index (χ4n) is 2.30. The van der Waals surface area contributed by atoms with Gasteiger partial charge in [0, 0.05) is 29.8 Å². The van der Waals surface area contributed by atoms with Crippen LogP contribution in [0.4, 0.5) is 11.6 Å². The van der Waals surface area contributed by atoms with Crippen molar-refractivity contribution in [3.63, 3.8) is 0 Å². The summed E-state index contributed by atoms with van der Waals surface area (Å²) < 4.78 is 0. The van der Waals surface area contributed by atoms with Crippen molar-refractivity contribution in [3.8, 4) is 0 Å². The monoisotopic (exact) mass is 276 g/mol. The molecule has 1 atom stereocenters. The first-order valence-electron chi connectivity index (χ1n) is 6.29. The Bertz CT molecular complexity index is 669. The molecule has 1 aromatic carbocycles. The molecule has 0 bridgehead atoms. The number of hydrogen-bond donors (Lipinski definition) is 2. The van der Waals surface area contributed by atoms with Crippen LogP contribution in [0.2, 0.25) is 0 Å². The SMILES string of the molecule is CC1CN(c2nc3ccc(N)cc3c(=O)[nH]2)CCS1. The highest BCUT2D eigenvalue weighted by molar-refractivity contribution is 8.00. The van der Waals surface area contributed by atoms with Gasteiger partial charge in [-0.25, -0.2) is 4.98 Å². The van der Waals surface area contributed by atoms with Gasteiger partial charge in [-0.05, 0) is 18.2 Å². The lowest BCUT2D eigenvalue weighted by Crippen LogP contribution is -2.38. The van der Waals surface area contributed by atoms with Crippen LogP contribution >= 0.6 is 11.8 Å². The highest BCUT2D eigenvalue weighted by Crippen LogP contribution is 2.22. The van der Waals surface area contributed by atoms with Gasteiger partial charge in [0.25, 0.3) is 5.56 Å². The van der Waals surface area contributed by atoms with Crippen molar-refractivity contribution in [2.45, 2.75) is 12.2 Å². The molecule has 100 valence electrons. The lowest BCUT2D eigenvalue weighted by Gasteiger charge is -2.30. The summed E-state index contributed by atoms with van der Waals surface area (Å²) in [5.74, 6) is 1.72. The Morgan fingerprint density at radius 1 is 1.53 bits per heavy atom. The smallest absolute Gasteiger partial charge is 0.260 e. The predicted molar refractivity (Wildman–Crippen MR) is 80.9 cm³/mol. The van der Waals surface area contributed by atoms with Crippen molar-refractivity contribution >= 4 is 34.3 Å². The summed E-state index contributed by atoms with van der Waals surface area (Å²) in [6, 6.07) is 5.23. The first kappa shape index (κ1) is 12.3. The quantitative estimate of drug-likeness (QED) is 0.771. The van der Waals surface area contributed by atoms with Crippen molar-refractivity contribution < 1.29 is 0 Å². The minimum absolute atomic E-state index is 0.127. The molecule has 1 unspecified atom stereocenters. The number of rotatable bonds is 1. The molecule has 0 saturated carbocycles. The number of fused-ring (bicyclic) bond motifs is 1. The molecule has 0 radical (unpaired) electrons. The first-order chi connectivity index (χ1) is 9.13. The fourth-order valence-corrected chi connectivity index (χ4v) is 3.32. The molecule has 1 fully saturated rings. The van der Waals surface area contributed by atoms with Crippen molar-refractivity contribution in [1.29, 1.82) is 0 Å². The van der Waals surface area contributed by atoms with Gasteiger partial charge >= 0.3 is 0 Å². The van der Waals surface area contributed by atoms with Crippen LogP contribution in [0, 0.1) is 0 Å². The molecule has 19 heavy (non-hydrogen) atoms. The highest BCUT2D eigenvalue weighted by Gasteiger charge is 2.19. The van der Waals surface area contributed by atoms with E-state index in [0.29, 0.717) is 27.8 Å². The summed E-state index contributed by atoms with van der Waals surface area (Å²) in [6.45, 7) is 4.02. The number of aromatic amines is 1. The van der Waals surface area contributed by atoms with Crippen LogP contribution < -0.4 is 16.2 Å². The molecule has 1 aliphatic rings. The number of nitrogens with one attached hydrogen (secondary N) is 1. The molecule has 5 nitrogen and oxygen atoms in total. The number of anilines is 2. The van der Waals surface area contributed by atoms with E-state index in [4.69, 9.17) is 5.73 Å². The van der Waals surface area contributed by atoms with Crippen LogP contribution in [0.15, 0.2) is 23.0 Å². The minimum Gasteiger partial charge on any atom is -0.399 e. The first-order valence-corrected chi connectivity index (χ1v) is 7.34. The summed E-state index contributed by atoms with van der Waals surface area (Å²) in [5.41, 5.74) is 6.84. The van der Waals surface area contributed by atoms with E-state index in [1.54, 1.807) is 18.2 Å². The number of aromatic nitrogens is 2. The van der Waals surface area contributed by atoms with Gasteiger partial charge in [0.2, 0.25) is 5.95 Å².